The van der Waals surface area contributed by atoms with Gasteiger partial charge in [0.15, 0.2) is 0 Å². The topological polar surface area (TPSA) is 24.5 Å². The van der Waals surface area contributed by atoms with Crippen LogP contribution in [0.4, 0.5) is 0 Å². The lowest BCUT2D eigenvalue weighted by Gasteiger charge is -2.23. The van der Waals surface area contributed by atoms with E-state index in [0.29, 0.717) is 0 Å². The summed E-state index contributed by atoms with van der Waals surface area (Å²) in [7, 11) is 2.24. The van der Waals surface area contributed by atoms with Crippen molar-refractivity contribution in [2.45, 2.75) is 31.7 Å². The molecule has 0 aromatic carbocycles. The molecular weight excluding hydrogens is 188 g/mol. The minimum absolute atomic E-state index is 0.852. The molecule has 0 atom stereocenters. The fourth-order valence-corrected chi connectivity index (χ4v) is 2.21. The van der Waals surface area contributed by atoms with E-state index in [-0.39, 0.29) is 0 Å². The zero-order valence-corrected chi connectivity index (χ0v) is 9.87. The molecule has 1 aliphatic carbocycles. The summed E-state index contributed by atoms with van der Waals surface area (Å²) in [6.45, 7) is 5.46. The van der Waals surface area contributed by atoms with Gasteiger partial charge in [-0.1, -0.05) is 0 Å². The van der Waals surface area contributed by atoms with Gasteiger partial charge in [-0.15, -0.1) is 0 Å². The van der Waals surface area contributed by atoms with Crippen LogP contribution in [-0.4, -0.2) is 50.8 Å². The van der Waals surface area contributed by atoms with E-state index in [1.807, 2.05) is 0 Å². The van der Waals surface area contributed by atoms with Gasteiger partial charge in [0.1, 0.15) is 0 Å². The molecule has 0 aromatic heterocycles. The van der Waals surface area contributed by atoms with Crippen molar-refractivity contribution < 1.29 is 4.74 Å². The average molecular weight is 212 g/mol. The zero-order valence-electron chi connectivity index (χ0n) is 9.87. The molecule has 15 heavy (non-hydrogen) atoms. The number of nitrogens with zero attached hydrogens (tertiary/aromatic N) is 1. The van der Waals surface area contributed by atoms with Gasteiger partial charge in [0.2, 0.25) is 0 Å². The number of nitrogens with one attached hydrogen (secondary N) is 1. The molecule has 0 amide bonds. The van der Waals surface area contributed by atoms with Crippen LogP contribution >= 0.6 is 0 Å². The maximum atomic E-state index is 5.35. The van der Waals surface area contributed by atoms with Crippen LogP contribution in [0.1, 0.15) is 25.7 Å². The Morgan fingerprint density at radius 1 is 1.20 bits per heavy atom. The van der Waals surface area contributed by atoms with Crippen LogP contribution in [0.5, 0.6) is 0 Å². The molecule has 0 radical (unpaired) electrons. The van der Waals surface area contributed by atoms with Crippen LogP contribution in [0, 0.1) is 5.92 Å². The molecule has 3 heteroatoms. The summed E-state index contributed by atoms with van der Waals surface area (Å²) >= 11 is 0. The first-order valence-electron chi connectivity index (χ1n) is 6.35. The number of hydrogen-bond acceptors (Lipinski definition) is 3. The van der Waals surface area contributed by atoms with E-state index < -0.39 is 0 Å². The largest absolute Gasteiger partial charge is 0.381 e. The van der Waals surface area contributed by atoms with Crippen molar-refractivity contribution in [1.82, 2.24) is 10.2 Å². The fourth-order valence-electron chi connectivity index (χ4n) is 2.21. The van der Waals surface area contributed by atoms with E-state index in [4.69, 9.17) is 4.74 Å². The summed E-state index contributed by atoms with van der Waals surface area (Å²) in [5, 5.41) is 3.57. The zero-order chi connectivity index (χ0) is 10.5. The Morgan fingerprint density at radius 2 is 1.93 bits per heavy atom. The van der Waals surface area contributed by atoms with Gasteiger partial charge in [-0.05, 0) is 45.2 Å². The molecule has 2 fully saturated rings. The standard InChI is InChI=1S/C12H24N2O/c1-14(12-2-3-12)7-6-13-10-11-4-8-15-9-5-11/h11-13H,2-10H2,1H3. The predicted molar refractivity (Wildman–Crippen MR) is 62.1 cm³/mol. The monoisotopic (exact) mass is 212 g/mol. The molecular formula is C12H24N2O. The normalized spacial score (nSPS) is 23.6. The third-order valence-corrected chi connectivity index (χ3v) is 3.59. The summed E-state index contributed by atoms with van der Waals surface area (Å²) in [6, 6.07) is 0.898. The van der Waals surface area contributed by atoms with Crippen LogP contribution in [0.25, 0.3) is 0 Å². The van der Waals surface area contributed by atoms with Crippen molar-refractivity contribution in [2.24, 2.45) is 5.92 Å². The van der Waals surface area contributed by atoms with Gasteiger partial charge >= 0.3 is 0 Å². The Bertz CT molecular complexity index is 176. The minimum Gasteiger partial charge on any atom is -0.381 e. The van der Waals surface area contributed by atoms with E-state index in [0.717, 1.165) is 31.7 Å². The minimum atomic E-state index is 0.852. The first-order chi connectivity index (χ1) is 7.36. The van der Waals surface area contributed by atoms with Crippen LogP contribution < -0.4 is 5.32 Å². The van der Waals surface area contributed by atoms with Gasteiger partial charge in [-0.2, -0.15) is 0 Å². The van der Waals surface area contributed by atoms with Crippen LogP contribution in [0.15, 0.2) is 0 Å². The maximum absolute atomic E-state index is 5.35. The number of ether oxygens (including phenoxy) is 1. The summed E-state index contributed by atoms with van der Waals surface area (Å²) in [6.07, 6.45) is 5.31. The van der Waals surface area contributed by atoms with E-state index in [1.54, 1.807) is 0 Å². The first kappa shape index (κ1) is 11.4. The molecule has 0 spiro atoms. The second-order valence-corrected chi connectivity index (χ2v) is 4.97. The fraction of sp³-hybridized carbons (Fsp3) is 1.00. The molecule has 1 aliphatic heterocycles. The molecule has 1 heterocycles. The Hall–Kier alpha value is -0.120. The highest BCUT2D eigenvalue weighted by Gasteiger charge is 2.25. The third-order valence-electron chi connectivity index (χ3n) is 3.59. The van der Waals surface area contributed by atoms with Crippen molar-refractivity contribution >= 4 is 0 Å². The van der Waals surface area contributed by atoms with Crippen LogP contribution in [0.2, 0.25) is 0 Å². The van der Waals surface area contributed by atoms with Gasteiger partial charge in [-0.3, -0.25) is 0 Å². The van der Waals surface area contributed by atoms with E-state index in [1.165, 1.54) is 38.8 Å². The van der Waals surface area contributed by atoms with Crippen molar-refractivity contribution in [3.8, 4) is 0 Å². The number of rotatable bonds is 6. The Balaban J connectivity index is 1.46. The van der Waals surface area contributed by atoms with E-state index in [9.17, 15) is 0 Å². The summed E-state index contributed by atoms with van der Waals surface area (Å²) in [5.41, 5.74) is 0. The predicted octanol–water partition coefficient (Wildman–Crippen LogP) is 1.10. The molecule has 1 saturated carbocycles. The molecule has 88 valence electrons. The smallest absolute Gasteiger partial charge is 0.0469 e. The van der Waals surface area contributed by atoms with E-state index in [2.05, 4.69) is 17.3 Å². The second-order valence-electron chi connectivity index (χ2n) is 4.97. The molecule has 1 saturated heterocycles. The molecule has 2 aliphatic rings. The second kappa shape index (κ2) is 5.83. The quantitative estimate of drug-likeness (QED) is 0.667. The third kappa shape index (κ3) is 4.09. The van der Waals surface area contributed by atoms with Gasteiger partial charge in [-0.25, -0.2) is 0 Å². The maximum Gasteiger partial charge on any atom is 0.0469 e. The lowest BCUT2D eigenvalue weighted by molar-refractivity contribution is 0.0662. The van der Waals surface area contributed by atoms with Crippen molar-refractivity contribution in [3.05, 3.63) is 0 Å². The summed E-state index contributed by atoms with van der Waals surface area (Å²) in [4.78, 5) is 2.48. The first-order valence-corrected chi connectivity index (χ1v) is 6.35. The average Bonchev–Trinajstić information content (AvgIpc) is 3.09. The molecule has 0 bridgehead atoms. The number of hydrogen-bond donors (Lipinski definition) is 1. The molecule has 2 rings (SSSR count). The summed E-state index contributed by atoms with van der Waals surface area (Å²) in [5.74, 6) is 0.852. The highest BCUT2D eigenvalue weighted by atomic mass is 16.5. The van der Waals surface area contributed by atoms with Gasteiger partial charge in [0.25, 0.3) is 0 Å². The molecule has 0 unspecified atom stereocenters. The highest BCUT2D eigenvalue weighted by molar-refractivity contribution is 4.82. The van der Waals surface area contributed by atoms with Crippen LogP contribution in [-0.2, 0) is 4.74 Å². The van der Waals surface area contributed by atoms with Gasteiger partial charge < -0.3 is 15.0 Å². The molecule has 0 aromatic rings. The molecule has 1 N–H and O–H groups in total. The summed E-state index contributed by atoms with van der Waals surface area (Å²) < 4.78 is 5.35. The van der Waals surface area contributed by atoms with Crippen molar-refractivity contribution in [1.29, 1.82) is 0 Å². The Labute approximate surface area is 93.2 Å². The lowest BCUT2D eigenvalue weighted by Crippen LogP contribution is -2.34. The van der Waals surface area contributed by atoms with Gasteiger partial charge in [0, 0.05) is 32.3 Å². The Kier molecular flexibility index (Phi) is 4.42. The highest BCUT2D eigenvalue weighted by Crippen LogP contribution is 2.24. The molecule has 3 nitrogen and oxygen atoms in total. The van der Waals surface area contributed by atoms with Crippen molar-refractivity contribution in [3.63, 3.8) is 0 Å². The lowest BCUT2D eigenvalue weighted by atomic mass is 10.0. The van der Waals surface area contributed by atoms with Gasteiger partial charge in [0.05, 0.1) is 0 Å². The van der Waals surface area contributed by atoms with E-state index >= 15 is 0 Å². The Morgan fingerprint density at radius 3 is 2.60 bits per heavy atom. The number of likely N-dealkylation sites (N-methyl/N-ethyl adjacent to an activating group) is 1. The van der Waals surface area contributed by atoms with Crippen LogP contribution in [0.3, 0.4) is 0 Å². The van der Waals surface area contributed by atoms with Crippen molar-refractivity contribution in [2.75, 3.05) is 39.9 Å². The SMILES string of the molecule is CN(CCNCC1CCOCC1)C1CC1.